The Morgan fingerprint density at radius 1 is 0.814 bits per heavy atom. The van der Waals surface area contributed by atoms with E-state index in [0.29, 0.717) is 34.3 Å². The third kappa shape index (κ3) is 15.3. The molecule has 13 heteroatoms. The van der Waals surface area contributed by atoms with Crippen LogP contribution in [0.1, 0.15) is 35.8 Å². The van der Waals surface area contributed by atoms with Gasteiger partial charge in [-0.15, -0.1) is 0 Å². The first-order valence-corrected chi connectivity index (χ1v) is 17.2. The van der Waals surface area contributed by atoms with Crippen LogP contribution in [-0.4, -0.2) is 89.1 Å². The number of halogens is 2. The molecule has 5 atom stereocenters. The van der Waals surface area contributed by atoms with E-state index in [1.165, 1.54) is 11.1 Å². The smallest absolute Gasteiger partial charge is 0.0648 e. The van der Waals surface area contributed by atoms with Crippen molar-refractivity contribution in [1.82, 2.24) is 9.80 Å². The molecule has 43 heavy (non-hydrogen) atoms. The molecule has 2 radical (unpaired) electrons. The predicted octanol–water partition coefficient (Wildman–Crippen LogP) is 6.39. The van der Waals surface area contributed by atoms with E-state index in [1.807, 2.05) is 36.4 Å². The summed E-state index contributed by atoms with van der Waals surface area (Å²) in [6.07, 6.45) is 2.15. The van der Waals surface area contributed by atoms with Crippen molar-refractivity contribution in [3.8, 4) is 0 Å². The van der Waals surface area contributed by atoms with Gasteiger partial charge in [0.25, 0.3) is 0 Å². The molecule has 2 aromatic carbocycles. The van der Waals surface area contributed by atoms with E-state index >= 15 is 0 Å². The maximum absolute atomic E-state index is 12.0. The van der Waals surface area contributed by atoms with Crippen molar-refractivity contribution in [2.75, 3.05) is 63.3 Å². The minimum atomic E-state index is -1.25. The molecule has 0 saturated carbocycles. The largest absolute Gasteiger partial charge is 0.667 e. The molecular formula is C30H40Cl2N4O3Pr2S2-2. The molecule has 2 heterocycles. The fourth-order valence-electron chi connectivity index (χ4n) is 5.81. The Morgan fingerprint density at radius 3 is 1.70 bits per heavy atom. The van der Waals surface area contributed by atoms with Gasteiger partial charge in [0, 0.05) is 128 Å². The van der Waals surface area contributed by atoms with Crippen LogP contribution in [0, 0.1) is 94.4 Å². The number of hydrogen-bond donors (Lipinski definition) is 0. The van der Waals surface area contributed by atoms with Crippen LogP contribution in [0.25, 0.3) is 11.5 Å². The average molecular weight is 922 g/mol. The second-order valence-electron chi connectivity index (χ2n) is 11.1. The maximum atomic E-state index is 12.0. The number of hydrogen-bond acceptors (Lipinski definition) is 6. The van der Waals surface area contributed by atoms with Crippen molar-refractivity contribution in [1.29, 1.82) is 0 Å². The molecule has 0 aliphatic carbocycles. The van der Waals surface area contributed by atoms with Crippen LogP contribution >= 0.6 is 35.0 Å². The second-order valence-corrected chi connectivity index (χ2v) is 14.5. The first kappa shape index (κ1) is 42.1. The molecule has 7 nitrogen and oxygen atoms in total. The monoisotopic (exact) mass is 920 g/mol. The van der Waals surface area contributed by atoms with Crippen molar-refractivity contribution in [2.24, 2.45) is 11.8 Å². The molecule has 2 N–H and O–H groups in total. The predicted molar refractivity (Wildman–Crippen MR) is 173 cm³/mol. The average Bonchev–Trinajstić information content (AvgIpc) is 2.90. The first-order chi connectivity index (χ1) is 19.5. The van der Waals surface area contributed by atoms with Crippen LogP contribution < -0.4 is 0 Å². The van der Waals surface area contributed by atoms with Gasteiger partial charge >= 0.3 is 0 Å². The van der Waals surface area contributed by atoms with Gasteiger partial charge < -0.3 is 30.9 Å². The molecule has 0 aromatic heterocycles. The Hall–Kier alpha value is 1.11. The van der Waals surface area contributed by atoms with E-state index in [2.05, 4.69) is 36.0 Å². The zero-order valence-corrected chi connectivity index (χ0v) is 35.4. The maximum Gasteiger partial charge on any atom is 0.0648 e. The van der Waals surface area contributed by atoms with E-state index in [4.69, 9.17) is 34.7 Å². The molecule has 2 aliphatic heterocycles. The number of carbonyl (C=O) groups excluding carboxylic acids is 2. The van der Waals surface area contributed by atoms with Gasteiger partial charge in [0.2, 0.25) is 0 Å². The summed E-state index contributed by atoms with van der Waals surface area (Å²) in [6.45, 7) is 4.03. The number of rotatable bonds is 10. The Labute approximate surface area is 340 Å². The SMILES string of the molecule is CN1CC[C@H](c2ccc(Cl)cc2)[C@@H](CS(=O)CC([NH-])=O)C1.CN1CC[C@H](c2ccc(Cl)cc2)[C@@H](CSCC([NH-])=O)C1.[Pr].[Pr]. The summed E-state index contributed by atoms with van der Waals surface area (Å²) in [5, 5.41) is 1.49. The number of likely N-dealkylation sites (tertiary alicyclic amines) is 2. The number of thioether (sulfide) groups is 1. The molecule has 1 unspecified atom stereocenters. The number of nitrogens with one attached hydrogen (secondary N) is 2. The van der Waals surface area contributed by atoms with Crippen molar-refractivity contribution in [3.63, 3.8) is 0 Å². The van der Waals surface area contributed by atoms with Crippen molar-refractivity contribution in [2.45, 2.75) is 24.7 Å². The summed E-state index contributed by atoms with van der Waals surface area (Å²) in [4.78, 5) is 26.1. The van der Waals surface area contributed by atoms with Gasteiger partial charge in [-0.25, -0.2) is 0 Å². The fraction of sp³-hybridized carbons (Fsp3) is 0.533. The van der Waals surface area contributed by atoms with Gasteiger partial charge in [-0.05, 0) is 105 Å². The van der Waals surface area contributed by atoms with Gasteiger partial charge in [-0.2, -0.15) is 11.8 Å². The van der Waals surface area contributed by atoms with E-state index in [1.54, 1.807) is 11.8 Å². The Balaban J connectivity index is 0.000000411. The van der Waals surface area contributed by atoms with Crippen LogP contribution in [0.2, 0.25) is 10.0 Å². The molecule has 0 spiro atoms. The molecule has 2 fully saturated rings. The number of carbonyl (C=O) groups is 2. The second kappa shape index (κ2) is 21.9. The number of amides is 2. The van der Waals surface area contributed by atoms with Gasteiger partial charge in [0.15, 0.2) is 0 Å². The number of piperidine rings is 2. The molecule has 4 rings (SSSR count). The molecule has 2 saturated heterocycles. The minimum Gasteiger partial charge on any atom is -0.667 e. The fourth-order valence-corrected chi connectivity index (χ4v) is 8.23. The normalized spacial score (nSPS) is 23.1. The van der Waals surface area contributed by atoms with Crippen LogP contribution in [0.5, 0.6) is 0 Å². The van der Waals surface area contributed by atoms with Gasteiger partial charge in [-0.1, -0.05) is 47.5 Å². The van der Waals surface area contributed by atoms with E-state index in [0.717, 1.165) is 49.8 Å². The van der Waals surface area contributed by atoms with E-state index in [9.17, 15) is 13.8 Å². The summed E-state index contributed by atoms with van der Waals surface area (Å²) in [5.41, 5.74) is 16.5. The van der Waals surface area contributed by atoms with Gasteiger partial charge in [-0.3, -0.25) is 4.21 Å². The third-order valence-corrected chi connectivity index (χ3v) is 10.7. The van der Waals surface area contributed by atoms with Crippen molar-refractivity contribution in [3.05, 3.63) is 81.2 Å². The Bertz CT molecular complexity index is 1170. The molecule has 2 amide bonds. The first-order valence-electron chi connectivity index (χ1n) is 13.8. The molecular weight excluding hydrogens is 881 g/mol. The topological polar surface area (TPSA) is 105 Å². The summed E-state index contributed by atoms with van der Waals surface area (Å²) in [7, 11) is 2.95. The molecule has 2 aliphatic rings. The number of benzene rings is 2. The summed E-state index contributed by atoms with van der Waals surface area (Å²) >= 11 is 13.5. The van der Waals surface area contributed by atoms with Crippen LogP contribution in [0.4, 0.5) is 0 Å². The van der Waals surface area contributed by atoms with Gasteiger partial charge in [0.05, 0.1) is 17.6 Å². The van der Waals surface area contributed by atoms with Crippen LogP contribution in [-0.2, 0) is 20.4 Å². The Kier molecular flexibility index (Phi) is 21.4. The summed E-state index contributed by atoms with van der Waals surface area (Å²) in [5.74, 6) is 1.94. The van der Waals surface area contributed by atoms with Gasteiger partial charge in [0.1, 0.15) is 0 Å². The standard InChI is InChI=1S/C15H21ClN2O2S.C15H21ClN2OS.2Pr/c1-18-7-6-14(11-2-4-13(16)5-3-11)12(8-18)9-21(20)10-15(17)19;1-18-7-6-14(11-2-4-13(16)5-3-11)12(8-18)9-20-10-15(17)19;;/h2-5,12,14H,6-10H2,1H3,(H2,17,19);2-5,12,14H,6-10H2,1H3,(H2,17,19);;/p-2/t12-,14-,21?;12-,14-;;/m11../s1. The quantitative estimate of drug-likeness (QED) is 0.274. The van der Waals surface area contributed by atoms with E-state index < -0.39 is 22.6 Å². The number of nitrogens with zero attached hydrogens (tertiary/aromatic N) is 2. The third-order valence-electron chi connectivity index (χ3n) is 7.73. The summed E-state index contributed by atoms with van der Waals surface area (Å²) < 4.78 is 12.0. The molecule has 0 bridgehead atoms. The summed E-state index contributed by atoms with van der Waals surface area (Å²) in [6, 6.07) is 16.0. The van der Waals surface area contributed by atoms with Crippen LogP contribution in [0.15, 0.2) is 48.5 Å². The zero-order chi connectivity index (χ0) is 29.9. The van der Waals surface area contributed by atoms with Crippen molar-refractivity contribution < 1.29 is 96.4 Å². The minimum absolute atomic E-state index is 0. The van der Waals surface area contributed by atoms with Crippen molar-refractivity contribution >= 4 is 57.6 Å². The molecule has 232 valence electrons. The van der Waals surface area contributed by atoms with Crippen LogP contribution in [0.3, 0.4) is 0 Å². The van der Waals surface area contributed by atoms with E-state index in [-0.39, 0.29) is 94.3 Å². The molecule has 2 aromatic rings. The Morgan fingerprint density at radius 2 is 1.26 bits per heavy atom. The zero-order valence-electron chi connectivity index (χ0n) is 24.8.